The van der Waals surface area contributed by atoms with Gasteiger partial charge >= 0.3 is 0 Å². The van der Waals surface area contributed by atoms with Crippen LogP contribution >= 0.6 is 35.0 Å². The van der Waals surface area contributed by atoms with E-state index in [9.17, 15) is 4.79 Å². The monoisotopic (exact) mass is 318 g/mol. The van der Waals surface area contributed by atoms with Crippen LogP contribution in [0.4, 0.5) is 0 Å². The summed E-state index contributed by atoms with van der Waals surface area (Å²) in [6.07, 6.45) is 0. The van der Waals surface area contributed by atoms with E-state index in [1.165, 1.54) is 0 Å². The molecule has 1 amide bonds. The van der Waals surface area contributed by atoms with Crippen LogP contribution in [-0.4, -0.2) is 35.0 Å². The second-order valence-electron chi connectivity index (χ2n) is 4.37. The molecule has 1 unspecified atom stereocenters. The Labute approximate surface area is 127 Å². The zero-order valence-electron chi connectivity index (χ0n) is 10.7. The predicted molar refractivity (Wildman–Crippen MR) is 81.8 cm³/mol. The molecular weight excluding hydrogens is 303 g/mol. The molecule has 1 aromatic carbocycles. The Morgan fingerprint density at radius 1 is 1.47 bits per heavy atom. The summed E-state index contributed by atoms with van der Waals surface area (Å²) in [4.78, 5) is 14.2. The minimum Gasteiger partial charge on any atom is -0.337 e. The summed E-state index contributed by atoms with van der Waals surface area (Å²) in [7, 11) is 0. The molecule has 1 aliphatic heterocycles. The Hall–Kier alpha value is -0.420. The first-order chi connectivity index (χ1) is 9.11. The largest absolute Gasteiger partial charge is 0.337 e. The number of nitrogens with one attached hydrogen (secondary N) is 1. The van der Waals surface area contributed by atoms with Crippen LogP contribution in [0.5, 0.6) is 0 Å². The molecule has 0 aliphatic carbocycles. The summed E-state index contributed by atoms with van der Waals surface area (Å²) in [5.41, 5.74) is 0.996. The number of likely N-dealkylation sites (N-methyl/N-ethyl adjacent to an activating group) is 1. The third-order valence-electron chi connectivity index (χ3n) is 3.07. The third-order valence-corrected chi connectivity index (χ3v) is 4.74. The first-order valence-corrected chi connectivity index (χ1v) is 8.06. The van der Waals surface area contributed by atoms with Gasteiger partial charge in [0.1, 0.15) is 0 Å². The SMILES string of the molecule is CCN(Cc1ccc(Cl)c(Cl)c1)C(=O)C1CSCN1. The summed E-state index contributed by atoms with van der Waals surface area (Å²) in [5.74, 6) is 1.84. The molecule has 1 heterocycles. The minimum absolute atomic E-state index is 0.0623. The van der Waals surface area contributed by atoms with Crippen molar-refractivity contribution in [1.82, 2.24) is 10.2 Å². The summed E-state index contributed by atoms with van der Waals surface area (Å²) >= 11 is 13.6. The first-order valence-electron chi connectivity index (χ1n) is 6.15. The highest BCUT2D eigenvalue weighted by Crippen LogP contribution is 2.23. The number of amides is 1. The van der Waals surface area contributed by atoms with Crippen molar-refractivity contribution < 1.29 is 4.79 Å². The highest BCUT2D eigenvalue weighted by atomic mass is 35.5. The number of hydrogen-bond acceptors (Lipinski definition) is 3. The van der Waals surface area contributed by atoms with E-state index < -0.39 is 0 Å². The van der Waals surface area contributed by atoms with Crippen LogP contribution in [0.1, 0.15) is 12.5 Å². The van der Waals surface area contributed by atoms with Gasteiger partial charge in [0.05, 0.1) is 16.1 Å². The molecule has 1 aromatic rings. The molecule has 19 heavy (non-hydrogen) atoms. The van der Waals surface area contributed by atoms with Crippen LogP contribution in [0.25, 0.3) is 0 Å². The molecule has 1 atom stereocenters. The number of carbonyl (C=O) groups is 1. The van der Waals surface area contributed by atoms with E-state index in [0.29, 0.717) is 23.1 Å². The second kappa shape index (κ2) is 6.84. The van der Waals surface area contributed by atoms with Crippen molar-refractivity contribution in [3.8, 4) is 0 Å². The van der Waals surface area contributed by atoms with E-state index >= 15 is 0 Å². The Morgan fingerprint density at radius 3 is 2.84 bits per heavy atom. The number of thioether (sulfide) groups is 1. The number of benzene rings is 1. The van der Waals surface area contributed by atoms with E-state index in [1.807, 2.05) is 24.0 Å². The number of hydrogen-bond donors (Lipinski definition) is 1. The van der Waals surface area contributed by atoms with Crippen molar-refractivity contribution in [3.63, 3.8) is 0 Å². The van der Waals surface area contributed by atoms with Gasteiger partial charge in [-0.05, 0) is 24.6 Å². The fourth-order valence-corrected chi connectivity index (χ4v) is 3.23. The van der Waals surface area contributed by atoms with Crippen LogP contribution in [0.15, 0.2) is 18.2 Å². The summed E-state index contributed by atoms with van der Waals surface area (Å²) in [6.45, 7) is 3.23. The Balaban J connectivity index is 2.05. The topological polar surface area (TPSA) is 32.3 Å². The van der Waals surface area contributed by atoms with E-state index in [0.717, 1.165) is 17.2 Å². The maximum atomic E-state index is 12.3. The van der Waals surface area contributed by atoms with Gasteiger partial charge in [-0.15, -0.1) is 11.8 Å². The van der Waals surface area contributed by atoms with E-state index in [2.05, 4.69) is 5.32 Å². The molecule has 1 aliphatic rings. The van der Waals surface area contributed by atoms with Crippen molar-refractivity contribution in [2.24, 2.45) is 0 Å². The summed E-state index contributed by atoms with van der Waals surface area (Å²) in [5, 5.41) is 4.26. The zero-order chi connectivity index (χ0) is 13.8. The molecular formula is C13H16Cl2N2OS. The molecule has 2 rings (SSSR count). The average molecular weight is 319 g/mol. The molecule has 0 radical (unpaired) electrons. The van der Waals surface area contributed by atoms with Crippen molar-refractivity contribution in [1.29, 1.82) is 0 Å². The van der Waals surface area contributed by atoms with Crippen LogP contribution in [0.3, 0.4) is 0 Å². The molecule has 104 valence electrons. The quantitative estimate of drug-likeness (QED) is 0.926. The molecule has 3 nitrogen and oxygen atoms in total. The normalized spacial score (nSPS) is 18.6. The van der Waals surface area contributed by atoms with Gasteiger partial charge in [0.25, 0.3) is 0 Å². The van der Waals surface area contributed by atoms with Gasteiger partial charge in [0.15, 0.2) is 0 Å². The molecule has 1 N–H and O–H groups in total. The lowest BCUT2D eigenvalue weighted by atomic mass is 10.2. The van der Waals surface area contributed by atoms with Crippen molar-refractivity contribution in [3.05, 3.63) is 33.8 Å². The van der Waals surface area contributed by atoms with Gasteiger partial charge in [-0.25, -0.2) is 0 Å². The van der Waals surface area contributed by atoms with E-state index in [4.69, 9.17) is 23.2 Å². The Kier molecular flexibility index (Phi) is 5.39. The fraction of sp³-hybridized carbons (Fsp3) is 0.462. The second-order valence-corrected chi connectivity index (χ2v) is 6.22. The molecule has 0 spiro atoms. The van der Waals surface area contributed by atoms with Gasteiger partial charge in [0.2, 0.25) is 5.91 Å². The van der Waals surface area contributed by atoms with E-state index in [1.54, 1.807) is 17.8 Å². The number of carbonyl (C=O) groups excluding carboxylic acids is 1. The smallest absolute Gasteiger partial charge is 0.240 e. The van der Waals surface area contributed by atoms with Crippen LogP contribution in [0, 0.1) is 0 Å². The zero-order valence-corrected chi connectivity index (χ0v) is 13.0. The van der Waals surface area contributed by atoms with Gasteiger partial charge in [0, 0.05) is 24.7 Å². The Bertz CT molecular complexity index is 464. The molecule has 1 saturated heterocycles. The third kappa shape index (κ3) is 3.78. The van der Waals surface area contributed by atoms with Gasteiger partial charge in [-0.3, -0.25) is 10.1 Å². The number of nitrogens with zero attached hydrogens (tertiary/aromatic N) is 1. The molecule has 6 heteroatoms. The lowest BCUT2D eigenvalue weighted by Gasteiger charge is -2.24. The standard InChI is InChI=1S/C13H16Cl2N2OS/c1-2-17(13(18)12-7-19-8-16-12)6-9-3-4-10(14)11(15)5-9/h3-5,12,16H,2,6-8H2,1H3. The van der Waals surface area contributed by atoms with Crippen molar-refractivity contribution in [2.45, 2.75) is 19.5 Å². The predicted octanol–water partition coefficient (Wildman–Crippen LogP) is 3.00. The maximum absolute atomic E-state index is 12.3. The molecule has 0 bridgehead atoms. The lowest BCUT2D eigenvalue weighted by molar-refractivity contribution is -0.133. The molecule has 0 aromatic heterocycles. The lowest BCUT2D eigenvalue weighted by Crippen LogP contribution is -2.44. The number of halogens is 2. The van der Waals surface area contributed by atoms with Crippen LogP contribution < -0.4 is 5.32 Å². The average Bonchev–Trinajstić information content (AvgIpc) is 2.93. The van der Waals surface area contributed by atoms with Crippen LogP contribution in [0.2, 0.25) is 10.0 Å². The highest BCUT2D eigenvalue weighted by Gasteiger charge is 2.26. The van der Waals surface area contributed by atoms with Crippen LogP contribution in [-0.2, 0) is 11.3 Å². The van der Waals surface area contributed by atoms with Gasteiger partial charge < -0.3 is 4.90 Å². The van der Waals surface area contributed by atoms with Crippen molar-refractivity contribution in [2.75, 3.05) is 18.2 Å². The van der Waals surface area contributed by atoms with Gasteiger partial charge in [-0.2, -0.15) is 0 Å². The minimum atomic E-state index is -0.0623. The van der Waals surface area contributed by atoms with Gasteiger partial charge in [-0.1, -0.05) is 29.3 Å². The van der Waals surface area contributed by atoms with E-state index in [-0.39, 0.29) is 11.9 Å². The first kappa shape index (κ1) is 15.0. The summed E-state index contributed by atoms with van der Waals surface area (Å²) in [6, 6.07) is 5.42. The maximum Gasteiger partial charge on any atom is 0.240 e. The molecule has 1 fully saturated rings. The molecule has 0 saturated carbocycles. The highest BCUT2D eigenvalue weighted by molar-refractivity contribution is 7.99. The summed E-state index contributed by atoms with van der Waals surface area (Å²) < 4.78 is 0. The van der Waals surface area contributed by atoms with Crippen molar-refractivity contribution >= 4 is 40.9 Å². The number of rotatable bonds is 4. The Morgan fingerprint density at radius 2 is 2.26 bits per heavy atom. The fourth-order valence-electron chi connectivity index (χ4n) is 1.98.